The number of nitrogens with zero attached hydrogens (tertiary/aromatic N) is 1. The maximum atomic E-state index is 12.8. The molecule has 1 fully saturated rings. The van der Waals surface area contributed by atoms with E-state index in [2.05, 4.69) is 10.8 Å². The van der Waals surface area contributed by atoms with Crippen molar-refractivity contribution < 1.29 is 22.7 Å². The van der Waals surface area contributed by atoms with Gasteiger partial charge in [-0.1, -0.05) is 42.5 Å². The Bertz CT molecular complexity index is 1040. The molecule has 8 heteroatoms. The molecule has 166 valence electrons. The number of carbonyl (C=O) groups excluding carboxylic acids is 1. The van der Waals surface area contributed by atoms with Gasteiger partial charge < -0.3 is 14.4 Å². The molecule has 2 aromatic rings. The van der Waals surface area contributed by atoms with Gasteiger partial charge in [-0.05, 0) is 36.5 Å². The number of piperidine rings is 1. The summed E-state index contributed by atoms with van der Waals surface area (Å²) in [6, 6.07) is 15.3. The molecule has 2 bridgehead atoms. The minimum absolute atomic E-state index is 0.250. The second-order valence-corrected chi connectivity index (χ2v) is 9.90. The number of nitrogens with one attached hydrogen (secondary N) is 1. The van der Waals surface area contributed by atoms with Crippen LogP contribution in [0, 0.1) is 0 Å². The van der Waals surface area contributed by atoms with Crippen molar-refractivity contribution in [2.45, 2.75) is 37.8 Å². The number of para-hydroxylation sites is 1. The fourth-order valence-corrected chi connectivity index (χ4v) is 5.20. The van der Waals surface area contributed by atoms with Crippen molar-refractivity contribution in [3.05, 3.63) is 54.1 Å². The van der Waals surface area contributed by atoms with Crippen LogP contribution >= 0.6 is 0 Å². The highest BCUT2D eigenvalue weighted by molar-refractivity contribution is 7.88. The molecule has 1 saturated heterocycles. The molecule has 2 aliphatic heterocycles. The number of amides is 1. The normalized spacial score (nSPS) is 22.4. The first-order chi connectivity index (χ1) is 14.9. The van der Waals surface area contributed by atoms with E-state index in [1.165, 1.54) is 0 Å². The number of sulfonamides is 1. The fourth-order valence-electron chi connectivity index (χ4n) is 4.37. The lowest BCUT2D eigenvalue weighted by Gasteiger charge is -2.40. The van der Waals surface area contributed by atoms with Crippen LogP contribution in [0.2, 0.25) is 0 Å². The van der Waals surface area contributed by atoms with Gasteiger partial charge in [0.2, 0.25) is 10.0 Å². The number of ether oxygens (including phenoxy) is 2. The van der Waals surface area contributed by atoms with Crippen LogP contribution in [-0.2, 0) is 21.2 Å². The summed E-state index contributed by atoms with van der Waals surface area (Å²) in [6.45, 7) is 1.23. The van der Waals surface area contributed by atoms with Crippen molar-refractivity contribution in [3.63, 3.8) is 0 Å². The van der Waals surface area contributed by atoms with Crippen LogP contribution in [-0.4, -0.2) is 57.5 Å². The van der Waals surface area contributed by atoms with Crippen molar-refractivity contribution in [2.24, 2.45) is 0 Å². The van der Waals surface area contributed by atoms with E-state index < -0.39 is 16.1 Å². The summed E-state index contributed by atoms with van der Waals surface area (Å²) in [5.74, 6) is 0.791. The van der Waals surface area contributed by atoms with E-state index in [0.29, 0.717) is 32.4 Å². The Hall–Kier alpha value is -2.58. The lowest BCUT2D eigenvalue weighted by Crippen LogP contribution is -2.57. The fraction of sp³-hybridized carbons (Fsp3) is 0.435. The van der Waals surface area contributed by atoms with E-state index in [-0.39, 0.29) is 18.7 Å². The molecule has 1 amide bonds. The van der Waals surface area contributed by atoms with E-state index >= 15 is 0 Å². The van der Waals surface area contributed by atoms with Gasteiger partial charge in [-0.2, -0.15) is 0 Å². The van der Waals surface area contributed by atoms with Crippen LogP contribution in [0.25, 0.3) is 11.1 Å². The number of cyclic esters (lactones) is 1. The molecule has 2 aromatic carbocycles. The van der Waals surface area contributed by atoms with E-state index in [4.69, 9.17) is 9.47 Å². The number of hydrogen-bond acceptors (Lipinski definition) is 5. The first-order valence-electron chi connectivity index (χ1n) is 10.6. The summed E-state index contributed by atoms with van der Waals surface area (Å²) in [4.78, 5) is 14.5. The summed E-state index contributed by atoms with van der Waals surface area (Å²) < 4.78 is 38.1. The Morgan fingerprint density at radius 1 is 1.03 bits per heavy atom. The van der Waals surface area contributed by atoms with Crippen molar-refractivity contribution in [1.29, 1.82) is 0 Å². The second kappa shape index (κ2) is 9.28. The van der Waals surface area contributed by atoms with Gasteiger partial charge in [0.05, 0.1) is 25.5 Å². The minimum atomic E-state index is -3.41. The number of hydrogen-bond donors (Lipinski definition) is 1. The summed E-state index contributed by atoms with van der Waals surface area (Å²) in [5, 5.41) is 0. The van der Waals surface area contributed by atoms with Gasteiger partial charge in [0.1, 0.15) is 5.75 Å². The van der Waals surface area contributed by atoms with Gasteiger partial charge in [-0.15, -0.1) is 0 Å². The van der Waals surface area contributed by atoms with Crippen molar-refractivity contribution in [2.75, 3.05) is 26.0 Å². The molecule has 0 saturated carbocycles. The molecule has 0 aromatic heterocycles. The maximum absolute atomic E-state index is 12.8. The zero-order valence-corrected chi connectivity index (χ0v) is 18.4. The molecule has 2 atom stereocenters. The average molecular weight is 445 g/mol. The van der Waals surface area contributed by atoms with E-state index in [9.17, 15) is 13.2 Å². The molecule has 4 rings (SSSR count). The summed E-state index contributed by atoms with van der Waals surface area (Å²) in [5.41, 5.74) is 3.06. The van der Waals surface area contributed by atoms with E-state index in [1.54, 1.807) is 4.90 Å². The van der Waals surface area contributed by atoms with Gasteiger partial charge in [-0.25, -0.2) is 17.9 Å². The summed E-state index contributed by atoms with van der Waals surface area (Å²) in [7, 11) is -3.41. The molecule has 0 spiro atoms. The molecule has 0 aliphatic carbocycles. The third-order valence-corrected chi connectivity index (χ3v) is 6.45. The number of carbonyl (C=O) groups is 1. The van der Waals surface area contributed by atoms with Crippen LogP contribution in [0.1, 0.15) is 24.8 Å². The molecule has 31 heavy (non-hydrogen) atoms. The molecule has 1 N–H and O–H groups in total. The van der Waals surface area contributed by atoms with Crippen LogP contribution in [0.5, 0.6) is 5.75 Å². The molecule has 2 heterocycles. The van der Waals surface area contributed by atoms with Gasteiger partial charge in [0.15, 0.2) is 0 Å². The van der Waals surface area contributed by atoms with Crippen LogP contribution in [0.15, 0.2) is 48.5 Å². The number of rotatable bonds is 2. The number of benzene rings is 2. The standard InChI is InChI=1S/C23H28N2O5S/c1-31(27,28)24-20-10-5-12-25-21(20)16-17-7-4-8-18(15-17)19-9-2-3-11-22(19)29-13-6-14-30-23(25)26/h2-4,7-9,11,15,20-21,24H,5-6,10,12-14,16H2,1H3. The van der Waals surface area contributed by atoms with Crippen molar-refractivity contribution in [1.82, 2.24) is 9.62 Å². The van der Waals surface area contributed by atoms with Gasteiger partial charge >= 0.3 is 6.09 Å². The monoisotopic (exact) mass is 444 g/mol. The summed E-state index contributed by atoms with van der Waals surface area (Å²) in [6.07, 6.45) is 3.25. The minimum Gasteiger partial charge on any atom is -0.493 e. The smallest absolute Gasteiger partial charge is 0.410 e. The lowest BCUT2D eigenvalue weighted by atomic mass is 9.90. The Morgan fingerprint density at radius 3 is 2.68 bits per heavy atom. The Labute approximate surface area is 183 Å². The Kier molecular flexibility index (Phi) is 6.48. The van der Waals surface area contributed by atoms with E-state index in [1.807, 2.05) is 42.5 Å². The topological polar surface area (TPSA) is 84.9 Å². The Morgan fingerprint density at radius 2 is 1.84 bits per heavy atom. The van der Waals surface area contributed by atoms with Gasteiger partial charge in [0, 0.05) is 24.6 Å². The zero-order chi connectivity index (χ0) is 21.8. The van der Waals surface area contributed by atoms with E-state index in [0.717, 1.165) is 35.1 Å². The molecule has 2 unspecified atom stereocenters. The molecule has 7 nitrogen and oxygen atoms in total. The van der Waals surface area contributed by atoms with Gasteiger partial charge in [0.25, 0.3) is 0 Å². The molecular formula is C23H28N2O5S. The van der Waals surface area contributed by atoms with Crippen LogP contribution in [0.4, 0.5) is 4.79 Å². The summed E-state index contributed by atoms with van der Waals surface area (Å²) >= 11 is 0. The molecular weight excluding hydrogens is 416 g/mol. The highest BCUT2D eigenvalue weighted by atomic mass is 32.2. The second-order valence-electron chi connectivity index (χ2n) is 8.12. The predicted octanol–water partition coefficient (Wildman–Crippen LogP) is 3.20. The highest BCUT2D eigenvalue weighted by Gasteiger charge is 2.36. The number of fused-ring (bicyclic) bond motifs is 5. The third kappa shape index (κ3) is 5.37. The highest BCUT2D eigenvalue weighted by Crippen LogP contribution is 2.32. The predicted molar refractivity (Wildman–Crippen MR) is 119 cm³/mol. The molecule has 2 aliphatic rings. The van der Waals surface area contributed by atoms with Gasteiger partial charge in [-0.3, -0.25) is 0 Å². The molecule has 0 radical (unpaired) electrons. The maximum Gasteiger partial charge on any atom is 0.410 e. The van der Waals surface area contributed by atoms with Crippen molar-refractivity contribution >= 4 is 16.1 Å². The van der Waals surface area contributed by atoms with Crippen LogP contribution < -0.4 is 9.46 Å². The first-order valence-corrected chi connectivity index (χ1v) is 12.5. The zero-order valence-electron chi connectivity index (χ0n) is 17.6. The van der Waals surface area contributed by atoms with Crippen LogP contribution in [0.3, 0.4) is 0 Å². The lowest BCUT2D eigenvalue weighted by molar-refractivity contribution is 0.0615. The third-order valence-electron chi connectivity index (χ3n) is 5.72. The first kappa shape index (κ1) is 21.6. The SMILES string of the molecule is CS(=O)(=O)NC1CCCN2C(=O)OCCCOc3ccccc3-c3cccc(c3)CC12. The van der Waals surface area contributed by atoms with Crippen molar-refractivity contribution in [3.8, 4) is 16.9 Å². The quantitative estimate of drug-likeness (QED) is 0.769. The average Bonchev–Trinajstić information content (AvgIpc) is 2.73. The Balaban J connectivity index is 1.72. The largest absolute Gasteiger partial charge is 0.493 e.